The van der Waals surface area contributed by atoms with E-state index in [-0.39, 0.29) is 0 Å². The maximum atomic E-state index is 14.1. The van der Waals surface area contributed by atoms with Gasteiger partial charge in [-0.1, -0.05) is 6.92 Å². The van der Waals surface area contributed by atoms with Crippen molar-refractivity contribution < 1.29 is 22.0 Å². The number of hydrogen-bond donors (Lipinski definition) is 0. The van der Waals surface area contributed by atoms with E-state index in [1.807, 2.05) is 6.92 Å². The Kier molecular flexibility index (Phi) is 5.47. The number of halogens is 3. The molecular weight excluding hydrogens is 312 g/mol. The van der Waals surface area contributed by atoms with Gasteiger partial charge in [0.05, 0.1) is 5.56 Å². The monoisotopic (exact) mass is 325 g/mol. The van der Waals surface area contributed by atoms with Crippen LogP contribution in [0.3, 0.4) is 0 Å². The molecule has 0 aromatic heterocycles. The number of rotatable bonds is 5. The van der Waals surface area contributed by atoms with Gasteiger partial charge in [-0.3, -0.25) is 4.79 Å². The maximum Gasteiger partial charge on any atom is 0.264 e. The second kappa shape index (κ2) is 6.49. The number of hydrogen-bond acceptors (Lipinski definition) is 3. The van der Waals surface area contributed by atoms with Gasteiger partial charge in [0, 0.05) is 23.8 Å². The molecular formula is C12H14ClF2NO3S. The van der Waals surface area contributed by atoms with Crippen LogP contribution in [0, 0.1) is 11.6 Å². The highest BCUT2D eigenvalue weighted by molar-refractivity contribution is 8.13. The number of amides is 1. The summed E-state index contributed by atoms with van der Waals surface area (Å²) in [7, 11) is 0.557. The third-order valence-corrected chi connectivity index (χ3v) is 3.98. The minimum atomic E-state index is -4.47. The molecule has 0 saturated heterocycles. The van der Waals surface area contributed by atoms with Gasteiger partial charge in [-0.05, 0) is 25.5 Å². The zero-order valence-electron chi connectivity index (χ0n) is 11.0. The number of carbonyl (C=O) groups excluding carboxylic acids is 1. The summed E-state index contributed by atoms with van der Waals surface area (Å²) in [6, 6.07) is 1.12. The van der Waals surface area contributed by atoms with Gasteiger partial charge in [-0.25, -0.2) is 17.2 Å². The van der Waals surface area contributed by atoms with E-state index in [1.165, 1.54) is 4.90 Å². The lowest BCUT2D eigenvalue weighted by atomic mass is 10.1. The molecule has 1 amide bonds. The summed E-state index contributed by atoms with van der Waals surface area (Å²) in [5.74, 6) is -3.14. The van der Waals surface area contributed by atoms with Crippen molar-refractivity contribution in [2.75, 3.05) is 13.1 Å². The zero-order valence-corrected chi connectivity index (χ0v) is 12.6. The molecule has 0 aliphatic heterocycles. The molecule has 0 fully saturated rings. The summed E-state index contributed by atoms with van der Waals surface area (Å²) in [4.78, 5) is 12.4. The van der Waals surface area contributed by atoms with E-state index in [0.29, 0.717) is 31.6 Å². The molecule has 0 radical (unpaired) electrons. The maximum absolute atomic E-state index is 14.1. The smallest absolute Gasteiger partial charge is 0.264 e. The van der Waals surface area contributed by atoms with Gasteiger partial charge in [-0.2, -0.15) is 0 Å². The average molecular weight is 326 g/mol. The van der Waals surface area contributed by atoms with Crippen LogP contribution in [0.25, 0.3) is 0 Å². The predicted molar refractivity (Wildman–Crippen MR) is 71.3 cm³/mol. The number of carbonyl (C=O) groups is 1. The van der Waals surface area contributed by atoms with Gasteiger partial charge in [0.2, 0.25) is 0 Å². The number of benzene rings is 1. The lowest BCUT2D eigenvalue weighted by molar-refractivity contribution is 0.0758. The first-order valence-electron chi connectivity index (χ1n) is 5.95. The second-order valence-corrected chi connectivity index (χ2v) is 6.62. The van der Waals surface area contributed by atoms with E-state index in [2.05, 4.69) is 0 Å². The lowest BCUT2D eigenvalue weighted by Crippen LogP contribution is -2.32. The van der Waals surface area contributed by atoms with Crippen LogP contribution in [-0.2, 0) is 9.05 Å². The molecule has 0 aliphatic carbocycles. The van der Waals surface area contributed by atoms with Crippen LogP contribution < -0.4 is 0 Å². The summed E-state index contributed by atoms with van der Waals surface area (Å²) >= 11 is 0. The van der Waals surface area contributed by atoms with Crippen molar-refractivity contribution in [2.45, 2.75) is 25.2 Å². The van der Waals surface area contributed by atoms with E-state index in [1.54, 1.807) is 6.92 Å². The highest BCUT2D eigenvalue weighted by Crippen LogP contribution is 2.24. The van der Waals surface area contributed by atoms with E-state index in [0.717, 1.165) is 0 Å². The molecule has 8 heteroatoms. The Hall–Kier alpha value is -1.21. The minimum absolute atomic E-state index is 0.297. The van der Waals surface area contributed by atoms with Gasteiger partial charge in [0.25, 0.3) is 15.0 Å². The van der Waals surface area contributed by atoms with Crippen molar-refractivity contribution in [3.05, 3.63) is 29.3 Å². The summed E-state index contributed by atoms with van der Waals surface area (Å²) in [5, 5.41) is 0. The van der Waals surface area contributed by atoms with Gasteiger partial charge in [-0.15, -0.1) is 0 Å². The van der Waals surface area contributed by atoms with Crippen LogP contribution in [0.4, 0.5) is 8.78 Å². The molecule has 0 atom stereocenters. The Labute approximate surface area is 120 Å². The lowest BCUT2D eigenvalue weighted by Gasteiger charge is -2.20. The molecule has 20 heavy (non-hydrogen) atoms. The van der Waals surface area contributed by atoms with Crippen molar-refractivity contribution in [3.63, 3.8) is 0 Å². The van der Waals surface area contributed by atoms with Crippen molar-refractivity contribution >= 4 is 25.6 Å². The fourth-order valence-electron chi connectivity index (χ4n) is 1.74. The largest absolute Gasteiger partial charge is 0.339 e. The quantitative estimate of drug-likeness (QED) is 0.782. The fourth-order valence-corrected chi connectivity index (χ4v) is 2.66. The third-order valence-electron chi connectivity index (χ3n) is 2.66. The van der Waals surface area contributed by atoms with Gasteiger partial charge < -0.3 is 4.90 Å². The summed E-state index contributed by atoms with van der Waals surface area (Å²) in [6.45, 7) is 4.16. The first-order valence-corrected chi connectivity index (χ1v) is 8.26. The Morgan fingerprint density at radius 1 is 1.30 bits per heavy atom. The summed E-state index contributed by atoms with van der Waals surface area (Å²) in [6.07, 6.45) is 0.636. The molecule has 1 aromatic rings. The summed E-state index contributed by atoms with van der Waals surface area (Å²) < 4.78 is 49.8. The van der Waals surface area contributed by atoms with Gasteiger partial charge in [0.15, 0.2) is 5.82 Å². The molecule has 0 bridgehead atoms. The van der Waals surface area contributed by atoms with E-state index in [4.69, 9.17) is 10.7 Å². The van der Waals surface area contributed by atoms with Crippen molar-refractivity contribution in [1.29, 1.82) is 0 Å². The molecule has 0 aliphatic rings. The first kappa shape index (κ1) is 16.8. The molecule has 1 aromatic carbocycles. The Bertz CT molecular complexity index is 619. The van der Waals surface area contributed by atoms with Crippen LogP contribution in [-0.4, -0.2) is 32.3 Å². The van der Waals surface area contributed by atoms with Crippen LogP contribution in [0.5, 0.6) is 0 Å². The molecule has 0 spiro atoms. The molecule has 0 heterocycles. The Balaban J connectivity index is 3.39. The molecule has 0 saturated carbocycles. The predicted octanol–water partition coefficient (Wildman–Crippen LogP) is 2.76. The minimum Gasteiger partial charge on any atom is -0.339 e. The van der Waals surface area contributed by atoms with E-state index in [9.17, 15) is 22.0 Å². The van der Waals surface area contributed by atoms with Crippen LogP contribution in [0.15, 0.2) is 17.0 Å². The van der Waals surface area contributed by atoms with Gasteiger partial charge in [0.1, 0.15) is 10.7 Å². The molecule has 1 rings (SSSR count). The zero-order chi connectivity index (χ0) is 15.5. The standard InChI is InChI=1S/C12H14ClF2NO3S/c1-3-5-16(4-2)12(17)9-6-8(14)7-10(11(9)15)20(13,18)19/h6-7H,3-5H2,1-2H3. The molecule has 0 N–H and O–H groups in total. The van der Waals surface area contributed by atoms with Crippen LogP contribution in [0.2, 0.25) is 0 Å². The van der Waals surface area contributed by atoms with Crippen LogP contribution >= 0.6 is 10.7 Å². The number of nitrogens with zero attached hydrogens (tertiary/aromatic N) is 1. The van der Waals surface area contributed by atoms with Crippen molar-refractivity contribution in [3.8, 4) is 0 Å². The topological polar surface area (TPSA) is 54.5 Å². The fraction of sp³-hybridized carbons (Fsp3) is 0.417. The average Bonchev–Trinajstić information content (AvgIpc) is 2.36. The SMILES string of the molecule is CCCN(CC)C(=O)c1cc(F)cc(S(=O)(=O)Cl)c1F. The molecule has 0 unspecified atom stereocenters. The normalized spacial score (nSPS) is 11.4. The highest BCUT2D eigenvalue weighted by Gasteiger charge is 2.26. The van der Waals surface area contributed by atoms with Crippen molar-refractivity contribution in [1.82, 2.24) is 4.90 Å². The van der Waals surface area contributed by atoms with E-state index < -0.39 is 37.1 Å². The van der Waals surface area contributed by atoms with Gasteiger partial charge >= 0.3 is 0 Å². The van der Waals surface area contributed by atoms with E-state index >= 15 is 0 Å². The first-order chi connectivity index (χ1) is 9.22. The molecule has 4 nitrogen and oxygen atoms in total. The summed E-state index contributed by atoms with van der Waals surface area (Å²) in [5.41, 5.74) is -0.639. The third kappa shape index (κ3) is 3.67. The van der Waals surface area contributed by atoms with Crippen LogP contribution in [0.1, 0.15) is 30.6 Å². The molecule has 112 valence electrons. The highest BCUT2D eigenvalue weighted by atomic mass is 35.7. The van der Waals surface area contributed by atoms with Crippen molar-refractivity contribution in [2.24, 2.45) is 0 Å². The Morgan fingerprint density at radius 2 is 1.90 bits per heavy atom. The second-order valence-electron chi connectivity index (χ2n) is 4.09. The Morgan fingerprint density at radius 3 is 2.35 bits per heavy atom.